The lowest BCUT2D eigenvalue weighted by molar-refractivity contribution is -0.127. The van der Waals surface area contributed by atoms with Gasteiger partial charge in [-0.3, -0.25) is 4.79 Å². The van der Waals surface area contributed by atoms with Crippen LogP contribution in [0.4, 0.5) is 0 Å². The van der Waals surface area contributed by atoms with Gasteiger partial charge in [-0.05, 0) is 45.0 Å². The second kappa shape index (κ2) is 7.14. The van der Waals surface area contributed by atoms with Crippen molar-refractivity contribution in [2.45, 2.75) is 39.3 Å². The largest absolute Gasteiger partial charge is 0.385 e. The van der Waals surface area contributed by atoms with Crippen LogP contribution >= 0.6 is 0 Å². The fourth-order valence-corrected chi connectivity index (χ4v) is 3.01. The Hall–Kier alpha value is -1.55. The zero-order chi connectivity index (χ0) is 16.3. The minimum atomic E-state index is 0.103. The molecule has 22 heavy (non-hydrogen) atoms. The molecule has 1 aliphatic carbocycles. The first-order valence-corrected chi connectivity index (χ1v) is 8.06. The normalized spacial score (nSPS) is 23.5. The average Bonchev–Trinajstić information content (AvgIpc) is 2.82. The summed E-state index contributed by atoms with van der Waals surface area (Å²) in [7, 11) is 3.60. The van der Waals surface area contributed by atoms with E-state index < -0.39 is 0 Å². The van der Waals surface area contributed by atoms with Crippen LogP contribution in [-0.4, -0.2) is 55.1 Å². The van der Waals surface area contributed by atoms with Crippen molar-refractivity contribution >= 4 is 5.91 Å². The molecule has 4 heteroatoms. The summed E-state index contributed by atoms with van der Waals surface area (Å²) in [4.78, 5) is 16.7. The zero-order valence-electron chi connectivity index (χ0n) is 14.4. The summed E-state index contributed by atoms with van der Waals surface area (Å²) in [5.41, 5.74) is 2.16. The number of hydrogen-bond acceptors (Lipinski definition) is 3. The quantitative estimate of drug-likeness (QED) is 0.707. The highest BCUT2D eigenvalue weighted by molar-refractivity contribution is 5.96. The number of likely N-dealkylation sites (N-methyl/N-ethyl adjacent to an activating group) is 1. The molecule has 4 nitrogen and oxygen atoms in total. The number of carbonyl (C=O) groups is 1. The molecule has 0 aromatic heterocycles. The third-order valence-corrected chi connectivity index (χ3v) is 4.59. The van der Waals surface area contributed by atoms with Crippen molar-refractivity contribution in [2.75, 3.05) is 27.3 Å². The maximum atomic E-state index is 12.5. The van der Waals surface area contributed by atoms with Gasteiger partial charge in [0.1, 0.15) is 0 Å². The fraction of sp³-hybridized carbons (Fsp3) is 0.611. The predicted molar refractivity (Wildman–Crippen MR) is 89.4 cm³/mol. The molecule has 2 aliphatic rings. The molecular formula is C18H28N2O2. The van der Waals surface area contributed by atoms with Crippen molar-refractivity contribution in [3.05, 3.63) is 35.6 Å². The van der Waals surface area contributed by atoms with E-state index in [4.69, 9.17) is 4.74 Å². The number of fused-ring (bicyclic) bond motifs is 1. The van der Waals surface area contributed by atoms with E-state index in [0.717, 1.165) is 25.1 Å². The minimum absolute atomic E-state index is 0.103. The van der Waals surface area contributed by atoms with Gasteiger partial charge < -0.3 is 14.5 Å². The molecule has 1 aliphatic heterocycles. The Labute approximate surface area is 134 Å². The van der Waals surface area contributed by atoms with Crippen molar-refractivity contribution in [2.24, 2.45) is 5.92 Å². The molecule has 0 saturated heterocycles. The van der Waals surface area contributed by atoms with Gasteiger partial charge in [-0.25, -0.2) is 0 Å². The summed E-state index contributed by atoms with van der Waals surface area (Å²) in [5, 5.41) is 0. The van der Waals surface area contributed by atoms with E-state index in [9.17, 15) is 4.79 Å². The van der Waals surface area contributed by atoms with E-state index in [-0.39, 0.29) is 18.0 Å². The number of carbonyl (C=O) groups excluding carboxylic acids is 1. The highest BCUT2D eigenvalue weighted by Gasteiger charge is 2.33. The monoisotopic (exact) mass is 304 g/mol. The number of nitrogens with zero attached hydrogens (tertiary/aromatic N) is 2. The van der Waals surface area contributed by atoms with E-state index in [1.165, 1.54) is 5.57 Å². The van der Waals surface area contributed by atoms with Gasteiger partial charge in [0.2, 0.25) is 0 Å². The molecule has 0 aromatic rings. The number of ether oxygens (including phenoxy) is 1. The number of methoxy groups -OCH3 is 1. The molecule has 0 radical (unpaired) electrons. The van der Waals surface area contributed by atoms with Crippen LogP contribution < -0.4 is 0 Å². The van der Waals surface area contributed by atoms with E-state index >= 15 is 0 Å². The van der Waals surface area contributed by atoms with E-state index in [1.807, 2.05) is 27.0 Å². The number of hydrogen-bond donors (Lipinski definition) is 0. The summed E-state index contributed by atoms with van der Waals surface area (Å²) < 4.78 is 5.14. The molecule has 2 atom stereocenters. The molecule has 0 saturated carbocycles. The molecule has 0 aromatic carbocycles. The van der Waals surface area contributed by atoms with Crippen molar-refractivity contribution in [3.63, 3.8) is 0 Å². The summed E-state index contributed by atoms with van der Waals surface area (Å²) in [5.74, 6) is 0.495. The Balaban J connectivity index is 2.11. The van der Waals surface area contributed by atoms with E-state index in [2.05, 4.69) is 30.2 Å². The maximum absolute atomic E-state index is 12.5. The molecule has 1 heterocycles. The summed E-state index contributed by atoms with van der Waals surface area (Å²) in [6, 6.07) is 0.474. The lowest BCUT2D eigenvalue weighted by atomic mass is 9.88. The van der Waals surface area contributed by atoms with Gasteiger partial charge in [0, 0.05) is 44.8 Å². The molecular weight excluding hydrogens is 276 g/mol. The Morgan fingerprint density at radius 2 is 2.18 bits per heavy atom. The van der Waals surface area contributed by atoms with Crippen molar-refractivity contribution in [1.29, 1.82) is 0 Å². The first-order chi connectivity index (χ1) is 10.5. The van der Waals surface area contributed by atoms with Gasteiger partial charge in [-0.15, -0.1) is 0 Å². The Bertz CT molecular complexity index is 505. The fourth-order valence-electron chi connectivity index (χ4n) is 3.01. The topological polar surface area (TPSA) is 32.8 Å². The maximum Gasteiger partial charge on any atom is 0.253 e. The van der Waals surface area contributed by atoms with Gasteiger partial charge in [0.15, 0.2) is 0 Å². The van der Waals surface area contributed by atoms with Crippen LogP contribution in [0.25, 0.3) is 0 Å². The first-order valence-electron chi connectivity index (χ1n) is 8.06. The van der Waals surface area contributed by atoms with Crippen LogP contribution in [0.15, 0.2) is 35.6 Å². The third kappa shape index (κ3) is 3.43. The van der Waals surface area contributed by atoms with Crippen LogP contribution in [0.5, 0.6) is 0 Å². The van der Waals surface area contributed by atoms with Crippen LogP contribution in [0.2, 0.25) is 0 Å². The minimum Gasteiger partial charge on any atom is -0.385 e. The molecule has 0 bridgehead atoms. The molecule has 122 valence electrons. The van der Waals surface area contributed by atoms with E-state index in [0.29, 0.717) is 5.92 Å². The Morgan fingerprint density at radius 1 is 1.45 bits per heavy atom. The molecule has 0 spiro atoms. The third-order valence-electron chi connectivity index (χ3n) is 4.59. The van der Waals surface area contributed by atoms with Crippen LogP contribution in [0.3, 0.4) is 0 Å². The van der Waals surface area contributed by atoms with Crippen molar-refractivity contribution in [3.8, 4) is 0 Å². The summed E-state index contributed by atoms with van der Waals surface area (Å²) in [6.45, 7) is 7.96. The smallest absolute Gasteiger partial charge is 0.253 e. The second-order valence-corrected chi connectivity index (χ2v) is 6.46. The first kappa shape index (κ1) is 16.8. The standard InChI is InChI=1S/C18H28N2O2/c1-13(2)19(4)18(21)15-7-8-16-14(3)12-20(17(16)11-15)9-6-10-22-5/h7-8,11-13,16-17H,6,9-10H2,1-5H3. The van der Waals surface area contributed by atoms with Gasteiger partial charge in [0.05, 0.1) is 6.04 Å². The second-order valence-electron chi connectivity index (χ2n) is 6.46. The summed E-state index contributed by atoms with van der Waals surface area (Å²) >= 11 is 0. The van der Waals surface area contributed by atoms with Gasteiger partial charge in [-0.2, -0.15) is 0 Å². The lowest BCUT2D eigenvalue weighted by Gasteiger charge is -2.30. The van der Waals surface area contributed by atoms with Crippen LogP contribution in [0.1, 0.15) is 27.2 Å². The molecule has 1 amide bonds. The zero-order valence-corrected chi connectivity index (χ0v) is 14.4. The Kier molecular flexibility index (Phi) is 5.46. The highest BCUT2D eigenvalue weighted by Crippen LogP contribution is 2.34. The molecule has 0 fully saturated rings. The van der Waals surface area contributed by atoms with Crippen molar-refractivity contribution in [1.82, 2.24) is 9.80 Å². The highest BCUT2D eigenvalue weighted by atomic mass is 16.5. The molecule has 0 N–H and O–H groups in total. The van der Waals surface area contributed by atoms with Gasteiger partial charge >= 0.3 is 0 Å². The van der Waals surface area contributed by atoms with E-state index in [1.54, 1.807) is 12.0 Å². The SMILES string of the molecule is COCCCN1C=C(C)C2C=CC(C(=O)N(C)C(C)C)=CC21. The molecule has 2 rings (SSSR count). The van der Waals surface area contributed by atoms with Gasteiger partial charge in [0.25, 0.3) is 5.91 Å². The number of amides is 1. The summed E-state index contributed by atoms with van der Waals surface area (Å²) in [6.07, 6.45) is 9.51. The number of rotatable bonds is 6. The predicted octanol–water partition coefficient (Wildman–Crippen LogP) is 2.59. The Morgan fingerprint density at radius 3 is 2.82 bits per heavy atom. The van der Waals surface area contributed by atoms with Crippen LogP contribution in [-0.2, 0) is 9.53 Å². The van der Waals surface area contributed by atoms with Crippen molar-refractivity contribution < 1.29 is 9.53 Å². The van der Waals surface area contributed by atoms with Crippen LogP contribution in [0, 0.1) is 5.92 Å². The van der Waals surface area contributed by atoms with Gasteiger partial charge in [-0.1, -0.05) is 12.2 Å². The average molecular weight is 304 g/mol. The lowest BCUT2D eigenvalue weighted by Crippen LogP contribution is -2.37. The molecule has 2 unspecified atom stereocenters.